The molecule has 0 bridgehead atoms. The minimum atomic E-state index is -0.459. The second kappa shape index (κ2) is 6.27. The van der Waals surface area contributed by atoms with E-state index in [1.165, 1.54) is 32.4 Å². The number of carbonyl (C=O) groups excluding carboxylic acids is 1. The lowest BCUT2D eigenvalue weighted by atomic mass is 10.1. The Morgan fingerprint density at radius 2 is 1.81 bits per heavy atom. The number of nitrogens with zero attached hydrogens (tertiary/aromatic N) is 2. The molecule has 3 N–H and O–H groups in total. The van der Waals surface area contributed by atoms with Gasteiger partial charge in [0, 0.05) is 10.7 Å². The summed E-state index contributed by atoms with van der Waals surface area (Å²) in [6.07, 6.45) is 0. The lowest BCUT2D eigenvalue weighted by Gasteiger charge is -2.09. The fourth-order valence-electron chi connectivity index (χ4n) is 1.58. The van der Waals surface area contributed by atoms with Gasteiger partial charge in [0.15, 0.2) is 0 Å². The lowest BCUT2D eigenvalue weighted by Crippen LogP contribution is -2.16. The van der Waals surface area contributed by atoms with Crippen LogP contribution in [0.25, 0.3) is 0 Å². The van der Waals surface area contributed by atoms with Gasteiger partial charge in [-0.2, -0.15) is 9.97 Å². The highest BCUT2D eigenvalue weighted by atomic mass is 35.5. The van der Waals surface area contributed by atoms with Crippen molar-refractivity contribution in [3.63, 3.8) is 0 Å². The van der Waals surface area contributed by atoms with Crippen LogP contribution in [-0.4, -0.2) is 30.1 Å². The minimum absolute atomic E-state index is 0.0468. The van der Waals surface area contributed by atoms with Crippen LogP contribution >= 0.6 is 11.6 Å². The van der Waals surface area contributed by atoms with Gasteiger partial charge >= 0.3 is 0 Å². The molecular weight excluding hydrogens is 296 g/mol. The summed E-state index contributed by atoms with van der Waals surface area (Å²) in [6.45, 7) is 0. The molecule has 0 saturated carbocycles. The third-order valence-corrected chi connectivity index (χ3v) is 2.82. The zero-order valence-corrected chi connectivity index (χ0v) is 12.1. The topological polar surface area (TPSA) is 99.4 Å². The van der Waals surface area contributed by atoms with Gasteiger partial charge in [-0.1, -0.05) is 11.6 Å². The van der Waals surface area contributed by atoms with E-state index < -0.39 is 5.91 Å². The quantitative estimate of drug-likeness (QED) is 0.838. The summed E-state index contributed by atoms with van der Waals surface area (Å²) in [7, 11) is 2.90. The predicted octanol–water partition coefficient (Wildman–Crippen LogP) is 1.98. The summed E-state index contributed by atoms with van der Waals surface area (Å²) in [5.74, 6) is 0.118. The monoisotopic (exact) mass is 308 g/mol. The summed E-state index contributed by atoms with van der Waals surface area (Å²) in [4.78, 5) is 20.2. The standard InChI is InChI=1S/C13H13ClN4O3/c1-20-10-6-11(21-2)17-13(16-10)18-12(19)8-4-3-7(14)5-9(8)15/h3-6H,15H2,1-2H3,(H,16,17,18,19). The summed E-state index contributed by atoms with van der Waals surface area (Å²) < 4.78 is 10.00. The maximum absolute atomic E-state index is 12.1. The third kappa shape index (κ3) is 3.51. The van der Waals surface area contributed by atoms with Gasteiger partial charge in [0.05, 0.1) is 25.8 Å². The van der Waals surface area contributed by atoms with E-state index in [0.717, 1.165) is 0 Å². The van der Waals surface area contributed by atoms with Crippen molar-refractivity contribution in [3.8, 4) is 11.8 Å². The van der Waals surface area contributed by atoms with Crippen LogP contribution < -0.4 is 20.5 Å². The van der Waals surface area contributed by atoms with Crippen molar-refractivity contribution in [2.75, 3.05) is 25.3 Å². The molecule has 7 nitrogen and oxygen atoms in total. The highest BCUT2D eigenvalue weighted by Crippen LogP contribution is 2.21. The van der Waals surface area contributed by atoms with E-state index in [4.69, 9.17) is 26.8 Å². The molecule has 1 aromatic heterocycles. The normalized spacial score (nSPS) is 10.0. The maximum Gasteiger partial charge on any atom is 0.260 e. The molecule has 8 heteroatoms. The number of carbonyl (C=O) groups is 1. The number of ether oxygens (including phenoxy) is 2. The lowest BCUT2D eigenvalue weighted by molar-refractivity contribution is 0.102. The first-order chi connectivity index (χ1) is 10.0. The van der Waals surface area contributed by atoms with Crippen LogP contribution in [0.1, 0.15) is 10.4 Å². The molecule has 0 aliphatic rings. The highest BCUT2D eigenvalue weighted by Gasteiger charge is 2.13. The molecule has 1 heterocycles. The molecule has 0 saturated heterocycles. The van der Waals surface area contributed by atoms with Gasteiger partial charge in [0.1, 0.15) is 0 Å². The van der Waals surface area contributed by atoms with E-state index in [1.54, 1.807) is 6.07 Å². The summed E-state index contributed by atoms with van der Waals surface area (Å²) in [5.41, 5.74) is 6.28. The highest BCUT2D eigenvalue weighted by molar-refractivity contribution is 6.31. The zero-order valence-electron chi connectivity index (χ0n) is 11.4. The average molecular weight is 309 g/mol. The number of amides is 1. The fourth-order valence-corrected chi connectivity index (χ4v) is 1.76. The number of hydrogen-bond acceptors (Lipinski definition) is 6. The first-order valence-electron chi connectivity index (χ1n) is 5.87. The van der Waals surface area contributed by atoms with Gasteiger partial charge in [-0.3, -0.25) is 10.1 Å². The summed E-state index contributed by atoms with van der Waals surface area (Å²) >= 11 is 5.79. The second-order valence-corrected chi connectivity index (χ2v) is 4.40. The number of nitrogens with two attached hydrogens (primary N) is 1. The molecule has 0 fully saturated rings. The first kappa shape index (κ1) is 14.9. The van der Waals surface area contributed by atoms with E-state index in [-0.39, 0.29) is 29.0 Å². The predicted molar refractivity (Wildman–Crippen MR) is 79.0 cm³/mol. The van der Waals surface area contributed by atoms with Crippen molar-refractivity contribution in [1.82, 2.24) is 9.97 Å². The van der Waals surface area contributed by atoms with Gasteiger partial charge in [-0.25, -0.2) is 0 Å². The number of nitrogens with one attached hydrogen (secondary N) is 1. The van der Waals surface area contributed by atoms with Crippen LogP contribution in [0, 0.1) is 0 Å². The average Bonchev–Trinajstić information content (AvgIpc) is 2.46. The molecule has 0 aliphatic heterocycles. The molecule has 2 aromatic rings. The van der Waals surface area contributed by atoms with Crippen molar-refractivity contribution in [1.29, 1.82) is 0 Å². The second-order valence-electron chi connectivity index (χ2n) is 3.96. The summed E-state index contributed by atoms with van der Waals surface area (Å²) in [5, 5.41) is 2.97. The van der Waals surface area contributed by atoms with Crippen molar-refractivity contribution in [2.45, 2.75) is 0 Å². The number of benzene rings is 1. The smallest absolute Gasteiger partial charge is 0.260 e. The van der Waals surface area contributed by atoms with Gasteiger partial charge in [-0.15, -0.1) is 0 Å². The van der Waals surface area contributed by atoms with E-state index in [0.29, 0.717) is 5.02 Å². The molecule has 0 atom stereocenters. The first-order valence-corrected chi connectivity index (χ1v) is 6.24. The Kier molecular flexibility index (Phi) is 4.44. The molecule has 0 aliphatic carbocycles. The number of nitrogen functional groups attached to an aromatic ring is 1. The number of halogens is 1. The van der Waals surface area contributed by atoms with Gasteiger partial charge in [0.25, 0.3) is 5.91 Å². The Balaban J connectivity index is 2.26. The molecule has 2 rings (SSSR count). The Morgan fingerprint density at radius 1 is 1.19 bits per heavy atom. The third-order valence-electron chi connectivity index (χ3n) is 2.58. The SMILES string of the molecule is COc1cc(OC)nc(NC(=O)c2ccc(Cl)cc2N)n1. The van der Waals surface area contributed by atoms with Crippen molar-refractivity contribution in [3.05, 3.63) is 34.9 Å². The van der Waals surface area contributed by atoms with Crippen molar-refractivity contribution >= 4 is 29.1 Å². The number of aromatic nitrogens is 2. The fraction of sp³-hybridized carbons (Fsp3) is 0.154. The number of methoxy groups -OCH3 is 2. The zero-order chi connectivity index (χ0) is 15.4. The van der Waals surface area contributed by atoms with E-state index in [2.05, 4.69) is 15.3 Å². The molecule has 21 heavy (non-hydrogen) atoms. The Morgan fingerprint density at radius 3 is 2.33 bits per heavy atom. The minimum Gasteiger partial charge on any atom is -0.481 e. The maximum atomic E-state index is 12.1. The molecule has 1 aromatic carbocycles. The van der Waals surface area contributed by atoms with Gasteiger partial charge in [0.2, 0.25) is 17.7 Å². The molecular formula is C13H13ClN4O3. The number of anilines is 2. The summed E-state index contributed by atoms with van der Waals surface area (Å²) in [6, 6.07) is 6.07. The van der Waals surface area contributed by atoms with Crippen LogP contribution in [0.2, 0.25) is 5.02 Å². The van der Waals surface area contributed by atoms with Crippen LogP contribution in [0.5, 0.6) is 11.8 Å². The van der Waals surface area contributed by atoms with Crippen LogP contribution in [0.4, 0.5) is 11.6 Å². The van der Waals surface area contributed by atoms with E-state index in [1.807, 2.05) is 0 Å². The Bertz CT molecular complexity index is 656. The van der Waals surface area contributed by atoms with Crippen LogP contribution in [0.3, 0.4) is 0 Å². The Hall–Kier alpha value is -2.54. The van der Waals surface area contributed by atoms with Gasteiger partial charge < -0.3 is 15.2 Å². The van der Waals surface area contributed by atoms with E-state index >= 15 is 0 Å². The van der Waals surface area contributed by atoms with Crippen molar-refractivity contribution in [2.24, 2.45) is 0 Å². The van der Waals surface area contributed by atoms with E-state index in [9.17, 15) is 4.79 Å². The molecule has 0 spiro atoms. The molecule has 110 valence electrons. The van der Waals surface area contributed by atoms with Crippen LogP contribution in [-0.2, 0) is 0 Å². The van der Waals surface area contributed by atoms with Crippen molar-refractivity contribution < 1.29 is 14.3 Å². The molecule has 0 unspecified atom stereocenters. The number of hydrogen-bond donors (Lipinski definition) is 2. The molecule has 0 radical (unpaired) electrons. The Labute approximate surface area is 126 Å². The van der Waals surface area contributed by atoms with Gasteiger partial charge in [-0.05, 0) is 18.2 Å². The molecule has 1 amide bonds. The number of rotatable bonds is 4. The van der Waals surface area contributed by atoms with Crippen LogP contribution in [0.15, 0.2) is 24.3 Å². The largest absolute Gasteiger partial charge is 0.481 e.